The number of hydrogen-bond acceptors (Lipinski definition) is 4. The van der Waals surface area contributed by atoms with Gasteiger partial charge in [0.15, 0.2) is 0 Å². The third-order valence-corrected chi connectivity index (χ3v) is 5.19. The van der Waals surface area contributed by atoms with Crippen molar-refractivity contribution in [3.05, 3.63) is 88.9 Å². The minimum Gasteiger partial charge on any atom is -0.489 e. The maximum Gasteiger partial charge on any atom is 0.119 e. The summed E-state index contributed by atoms with van der Waals surface area (Å²) in [6.07, 6.45) is 0. The standard InChI is InChI=1S/C24H25ClN2O2/c25-21-3-1-2-20(16-21)18-29-24-10-4-19(5-11-24)17-26-22-6-8-23(9-7-22)27-12-14-28-15-13-27/h1-11,16,26H,12-15,17-18H2. The average Bonchev–Trinajstić information content (AvgIpc) is 2.78. The van der Waals surface area contributed by atoms with Gasteiger partial charge in [-0.3, -0.25) is 0 Å². The number of nitrogens with zero attached hydrogens (tertiary/aromatic N) is 1. The quantitative estimate of drug-likeness (QED) is 0.570. The third kappa shape index (κ3) is 5.66. The molecule has 3 aromatic rings. The van der Waals surface area contributed by atoms with E-state index >= 15 is 0 Å². The van der Waals surface area contributed by atoms with E-state index in [-0.39, 0.29) is 0 Å². The van der Waals surface area contributed by atoms with Crippen molar-refractivity contribution >= 4 is 23.0 Å². The maximum atomic E-state index is 6.01. The smallest absolute Gasteiger partial charge is 0.119 e. The molecule has 0 unspecified atom stereocenters. The lowest BCUT2D eigenvalue weighted by molar-refractivity contribution is 0.122. The van der Waals surface area contributed by atoms with Crippen LogP contribution in [0.15, 0.2) is 72.8 Å². The fourth-order valence-electron chi connectivity index (χ4n) is 3.31. The average molecular weight is 409 g/mol. The van der Waals surface area contributed by atoms with E-state index in [4.69, 9.17) is 21.1 Å². The van der Waals surface area contributed by atoms with Crippen molar-refractivity contribution in [2.45, 2.75) is 13.2 Å². The van der Waals surface area contributed by atoms with E-state index in [0.717, 1.165) is 54.9 Å². The van der Waals surface area contributed by atoms with Crippen molar-refractivity contribution < 1.29 is 9.47 Å². The number of halogens is 1. The lowest BCUT2D eigenvalue weighted by Crippen LogP contribution is -2.36. The molecular formula is C24H25ClN2O2. The molecule has 0 atom stereocenters. The Morgan fingerprint density at radius 1 is 0.897 bits per heavy atom. The molecule has 3 aromatic carbocycles. The molecule has 0 amide bonds. The van der Waals surface area contributed by atoms with E-state index in [1.807, 2.05) is 36.4 Å². The molecule has 0 aliphatic carbocycles. The molecule has 0 radical (unpaired) electrons. The zero-order valence-corrected chi connectivity index (χ0v) is 17.1. The van der Waals surface area contributed by atoms with Crippen LogP contribution in [0.2, 0.25) is 5.02 Å². The molecule has 5 heteroatoms. The Labute approximate surface area is 177 Å². The summed E-state index contributed by atoms with van der Waals surface area (Å²) in [7, 11) is 0. The number of anilines is 2. The molecule has 150 valence electrons. The fourth-order valence-corrected chi connectivity index (χ4v) is 3.53. The normalized spacial score (nSPS) is 13.9. The molecule has 4 nitrogen and oxygen atoms in total. The lowest BCUT2D eigenvalue weighted by atomic mass is 10.2. The van der Waals surface area contributed by atoms with Crippen molar-refractivity contribution in [3.63, 3.8) is 0 Å². The van der Waals surface area contributed by atoms with Gasteiger partial charge < -0.3 is 19.7 Å². The molecule has 1 heterocycles. The van der Waals surface area contributed by atoms with Gasteiger partial charge >= 0.3 is 0 Å². The van der Waals surface area contributed by atoms with Crippen LogP contribution in [-0.2, 0) is 17.9 Å². The number of hydrogen-bond donors (Lipinski definition) is 1. The summed E-state index contributed by atoms with van der Waals surface area (Å²) in [6.45, 7) is 4.80. The first-order valence-corrected chi connectivity index (χ1v) is 10.3. The van der Waals surface area contributed by atoms with Crippen LogP contribution in [0.5, 0.6) is 5.75 Å². The van der Waals surface area contributed by atoms with Crippen molar-refractivity contribution in [1.29, 1.82) is 0 Å². The zero-order chi connectivity index (χ0) is 19.9. The van der Waals surface area contributed by atoms with Crippen molar-refractivity contribution in [3.8, 4) is 5.75 Å². The van der Waals surface area contributed by atoms with Crippen LogP contribution in [-0.4, -0.2) is 26.3 Å². The third-order valence-electron chi connectivity index (χ3n) is 4.96. The number of benzene rings is 3. The van der Waals surface area contributed by atoms with E-state index in [0.29, 0.717) is 6.61 Å². The van der Waals surface area contributed by atoms with Crippen molar-refractivity contribution in [2.75, 3.05) is 36.5 Å². The molecule has 1 N–H and O–H groups in total. The number of nitrogens with one attached hydrogen (secondary N) is 1. The maximum absolute atomic E-state index is 6.01. The van der Waals surface area contributed by atoms with E-state index in [1.165, 1.54) is 11.3 Å². The minimum absolute atomic E-state index is 0.508. The summed E-state index contributed by atoms with van der Waals surface area (Å²) < 4.78 is 11.3. The number of ether oxygens (including phenoxy) is 2. The minimum atomic E-state index is 0.508. The zero-order valence-electron chi connectivity index (χ0n) is 16.3. The van der Waals surface area contributed by atoms with Crippen LogP contribution in [0.25, 0.3) is 0 Å². The van der Waals surface area contributed by atoms with Gasteiger partial charge in [0.1, 0.15) is 12.4 Å². The van der Waals surface area contributed by atoms with Gasteiger partial charge in [0.2, 0.25) is 0 Å². The molecule has 1 saturated heterocycles. The van der Waals surface area contributed by atoms with Gasteiger partial charge in [0.25, 0.3) is 0 Å². The number of morpholine rings is 1. The second-order valence-electron chi connectivity index (χ2n) is 7.06. The predicted molar refractivity (Wildman–Crippen MR) is 119 cm³/mol. The summed E-state index contributed by atoms with van der Waals surface area (Å²) in [5, 5.41) is 4.20. The molecule has 0 spiro atoms. The highest BCUT2D eigenvalue weighted by Crippen LogP contribution is 2.20. The summed E-state index contributed by atoms with van der Waals surface area (Å²) in [5.74, 6) is 0.851. The highest BCUT2D eigenvalue weighted by atomic mass is 35.5. The van der Waals surface area contributed by atoms with Gasteiger partial charge in [0, 0.05) is 36.0 Å². The molecule has 29 heavy (non-hydrogen) atoms. The first-order chi connectivity index (χ1) is 14.3. The number of rotatable bonds is 7. The van der Waals surface area contributed by atoms with E-state index in [2.05, 4.69) is 46.6 Å². The van der Waals surface area contributed by atoms with Crippen LogP contribution >= 0.6 is 11.6 Å². The Bertz CT molecular complexity index is 907. The van der Waals surface area contributed by atoms with Crippen LogP contribution in [0.3, 0.4) is 0 Å². The van der Waals surface area contributed by atoms with Crippen LogP contribution in [0, 0.1) is 0 Å². The summed E-state index contributed by atoms with van der Waals surface area (Å²) in [4.78, 5) is 2.36. The van der Waals surface area contributed by atoms with E-state index in [9.17, 15) is 0 Å². The molecule has 1 aliphatic heterocycles. The Hall–Kier alpha value is -2.69. The Morgan fingerprint density at radius 3 is 2.38 bits per heavy atom. The van der Waals surface area contributed by atoms with Crippen molar-refractivity contribution in [2.24, 2.45) is 0 Å². The van der Waals surface area contributed by atoms with Crippen LogP contribution in [0.1, 0.15) is 11.1 Å². The summed E-state index contributed by atoms with van der Waals surface area (Å²) >= 11 is 6.01. The summed E-state index contributed by atoms with van der Waals surface area (Å²) in [6, 6.07) is 24.5. The lowest BCUT2D eigenvalue weighted by Gasteiger charge is -2.28. The van der Waals surface area contributed by atoms with Gasteiger partial charge in [-0.2, -0.15) is 0 Å². The Morgan fingerprint density at radius 2 is 1.66 bits per heavy atom. The predicted octanol–water partition coefficient (Wildman–Crippen LogP) is 5.37. The highest BCUT2D eigenvalue weighted by molar-refractivity contribution is 6.30. The highest BCUT2D eigenvalue weighted by Gasteiger charge is 2.10. The molecule has 1 aliphatic rings. The molecule has 0 bridgehead atoms. The van der Waals surface area contributed by atoms with E-state index < -0.39 is 0 Å². The van der Waals surface area contributed by atoms with Crippen LogP contribution in [0.4, 0.5) is 11.4 Å². The van der Waals surface area contributed by atoms with Gasteiger partial charge in [-0.1, -0.05) is 35.9 Å². The first-order valence-electron chi connectivity index (χ1n) is 9.89. The van der Waals surface area contributed by atoms with Gasteiger partial charge in [0.05, 0.1) is 13.2 Å². The second-order valence-corrected chi connectivity index (χ2v) is 7.50. The largest absolute Gasteiger partial charge is 0.489 e. The second kappa shape index (κ2) is 9.68. The van der Waals surface area contributed by atoms with Gasteiger partial charge in [-0.25, -0.2) is 0 Å². The van der Waals surface area contributed by atoms with Crippen LogP contribution < -0.4 is 15.0 Å². The summed E-state index contributed by atoms with van der Waals surface area (Å²) in [5.41, 5.74) is 4.63. The Balaban J connectivity index is 1.26. The van der Waals surface area contributed by atoms with Gasteiger partial charge in [-0.15, -0.1) is 0 Å². The molecular weight excluding hydrogens is 384 g/mol. The van der Waals surface area contributed by atoms with E-state index in [1.54, 1.807) is 0 Å². The Kier molecular flexibility index (Phi) is 6.55. The first kappa shape index (κ1) is 19.6. The van der Waals surface area contributed by atoms with Gasteiger partial charge in [-0.05, 0) is 59.7 Å². The molecule has 4 rings (SSSR count). The fraction of sp³-hybridized carbons (Fsp3) is 0.250. The topological polar surface area (TPSA) is 33.7 Å². The molecule has 1 fully saturated rings. The molecule has 0 aromatic heterocycles. The molecule has 0 saturated carbocycles. The monoisotopic (exact) mass is 408 g/mol. The van der Waals surface area contributed by atoms with Crippen molar-refractivity contribution in [1.82, 2.24) is 0 Å². The SMILES string of the molecule is Clc1cccc(COc2ccc(CNc3ccc(N4CCOCC4)cc3)cc2)c1.